The van der Waals surface area contributed by atoms with E-state index in [9.17, 15) is 0 Å². The third-order valence-corrected chi connectivity index (χ3v) is 5.92. The summed E-state index contributed by atoms with van der Waals surface area (Å²) >= 11 is 0. The molecule has 1 saturated heterocycles. The molecule has 112 valence electrons. The van der Waals surface area contributed by atoms with Crippen molar-refractivity contribution < 1.29 is 0 Å². The molecule has 2 heteroatoms. The predicted molar refractivity (Wildman–Crippen MR) is 83.4 cm³/mol. The van der Waals surface area contributed by atoms with Gasteiger partial charge >= 0.3 is 0 Å². The summed E-state index contributed by atoms with van der Waals surface area (Å²) in [6.07, 6.45) is 7.01. The maximum Gasteiger partial charge on any atom is 0.00980 e. The van der Waals surface area contributed by atoms with Crippen molar-refractivity contribution in [3.8, 4) is 0 Å². The molecule has 0 bridgehead atoms. The van der Waals surface area contributed by atoms with Crippen LogP contribution in [0.4, 0.5) is 0 Å². The highest BCUT2D eigenvalue weighted by Crippen LogP contribution is 2.34. The Morgan fingerprint density at radius 2 is 2.00 bits per heavy atom. The molecule has 5 atom stereocenters. The molecule has 0 aromatic heterocycles. The lowest BCUT2D eigenvalue weighted by Crippen LogP contribution is -2.48. The fraction of sp³-hybridized carbons (Fsp3) is 1.00. The second-order valence-electron chi connectivity index (χ2n) is 6.96. The van der Waals surface area contributed by atoms with E-state index in [0.29, 0.717) is 6.04 Å². The Morgan fingerprint density at radius 1 is 1.21 bits per heavy atom. The summed E-state index contributed by atoms with van der Waals surface area (Å²) in [5, 5.41) is 3.98. The van der Waals surface area contributed by atoms with Crippen molar-refractivity contribution in [2.75, 3.05) is 19.6 Å². The van der Waals surface area contributed by atoms with E-state index in [1.807, 2.05) is 0 Å². The normalized spacial score (nSPS) is 38.5. The van der Waals surface area contributed by atoms with E-state index >= 15 is 0 Å². The van der Waals surface area contributed by atoms with E-state index in [-0.39, 0.29) is 0 Å². The number of nitrogens with one attached hydrogen (secondary N) is 1. The van der Waals surface area contributed by atoms with Gasteiger partial charge in [0.25, 0.3) is 0 Å². The predicted octanol–water partition coefficient (Wildman–Crippen LogP) is 3.52. The van der Waals surface area contributed by atoms with Gasteiger partial charge in [-0.25, -0.2) is 0 Å². The van der Waals surface area contributed by atoms with Crippen molar-refractivity contribution in [1.82, 2.24) is 10.2 Å². The minimum Gasteiger partial charge on any atom is -0.311 e. The van der Waals surface area contributed by atoms with Gasteiger partial charge in [0.2, 0.25) is 0 Å². The number of hydrogen-bond donors (Lipinski definition) is 1. The van der Waals surface area contributed by atoms with Crippen LogP contribution in [0.5, 0.6) is 0 Å². The van der Waals surface area contributed by atoms with Gasteiger partial charge in [-0.2, -0.15) is 0 Å². The van der Waals surface area contributed by atoms with Crippen LogP contribution >= 0.6 is 0 Å². The highest BCUT2D eigenvalue weighted by atomic mass is 15.1. The minimum absolute atomic E-state index is 0.692. The van der Waals surface area contributed by atoms with E-state index in [1.165, 1.54) is 51.7 Å². The summed E-state index contributed by atoms with van der Waals surface area (Å²) in [4.78, 5) is 2.62. The third-order valence-electron chi connectivity index (χ3n) is 5.92. The number of hydrogen-bond acceptors (Lipinski definition) is 2. The molecule has 19 heavy (non-hydrogen) atoms. The summed E-state index contributed by atoms with van der Waals surface area (Å²) in [6.45, 7) is 13.4. The number of rotatable bonds is 5. The Labute approximate surface area is 120 Å². The van der Waals surface area contributed by atoms with E-state index in [0.717, 1.165) is 23.8 Å². The fourth-order valence-corrected chi connectivity index (χ4v) is 4.32. The second kappa shape index (κ2) is 7.08. The lowest BCUT2D eigenvalue weighted by atomic mass is 9.89. The van der Waals surface area contributed by atoms with Gasteiger partial charge in [0.15, 0.2) is 0 Å². The maximum absolute atomic E-state index is 3.98. The van der Waals surface area contributed by atoms with Gasteiger partial charge in [0, 0.05) is 18.6 Å². The van der Waals surface area contributed by atoms with Crippen LogP contribution in [0.15, 0.2) is 0 Å². The van der Waals surface area contributed by atoms with Crippen molar-refractivity contribution in [2.45, 2.75) is 71.9 Å². The molecule has 2 aliphatic rings. The van der Waals surface area contributed by atoms with Crippen LogP contribution in [0.1, 0.15) is 59.8 Å². The fourth-order valence-electron chi connectivity index (χ4n) is 4.32. The zero-order valence-corrected chi connectivity index (χ0v) is 13.5. The first-order valence-electron chi connectivity index (χ1n) is 8.64. The largest absolute Gasteiger partial charge is 0.311 e. The first-order chi connectivity index (χ1) is 9.15. The number of piperidine rings is 1. The third kappa shape index (κ3) is 3.72. The Bertz CT molecular complexity index is 266. The van der Waals surface area contributed by atoms with E-state index < -0.39 is 0 Å². The number of likely N-dealkylation sites (tertiary alicyclic amines) is 1. The highest BCUT2D eigenvalue weighted by Gasteiger charge is 2.33. The standard InChI is InChI=1S/C17H34N2/c1-5-15-9-10-17(13(15)3)18-14(4)16-8-7-11-19(6-2)12-16/h13-18H,5-12H2,1-4H3. The highest BCUT2D eigenvalue weighted by molar-refractivity contribution is 4.90. The molecule has 1 heterocycles. The van der Waals surface area contributed by atoms with E-state index in [4.69, 9.17) is 0 Å². The molecule has 0 aromatic rings. The molecule has 5 unspecified atom stereocenters. The Kier molecular flexibility index (Phi) is 5.70. The van der Waals surface area contributed by atoms with Gasteiger partial charge in [0.05, 0.1) is 0 Å². The van der Waals surface area contributed by atoms with Gasteiger partial charge in [-0.05, 0) is 63.5 Å². The van der Waals surface area contributed by atoms with Crippen molar-refractivity contribution in [3.05, 3.63) is 0 Å². The molecular formula is C17H34N2. The summed E-state index contributed by atoms with van der Waals surface area (Å²) in [7, 11) is 0. The van der Waals surface area contributed by atoms with Crippen LogP contribution in [-0.4, -0.2) is 36.6 Å². The van der Waals surface area contributed by atoms with Crippen LogP contribution < -0.4 is 5.32 Å². The average Bonchev–Trinajstić information content (AvgIpc) is 2.79. The molecule has 1 aliphatic carbocycles. The van der Waals surface area contributed by atoms with Gasteiger partial charge in [-0.15, -0.1) is 0 Å². The topological polar surface area (TPSA) is 15.3 Å². The molecule has 1 N–H and O–H groups in total. The number of nitrogens with zero attached hydrogens (tertiary/aromatic N) is 1. The van der Waals surface area contributed by atoms with Gasteiger partial charge < -0.3 is 10.2 Å². The lowest BCUT2D eigenvalue weighted by molar-refractivity contribution is 0.148. The van der Waals surface area contributed by atoms with Crippen LogP contribution in [0.25, 0.3) is 0 Å². The first-order valence-corrected chi connectivity index (χ1v) is 8.64. The van der Waals surface area contributed by atoms with Crippen molar-refractivity contribution in [2.24, 2.45) is 17.8 Å². The second-order valence-corrected chi connectivity index (χ2v) is 6.96. The Balaban J connectivity index is 1.82. The lowest BCUT2D eigenvalue weighted by Gasteiger charge is -2.37. The zero-order valence-electron chi connectivity index (χ0n) is 13.5. The maximum atomic E-state index is 3.98. The molecule has 2 nitrogen and oxygen atoms in total. The van der Waals surface area contributed by atoms with Gasteiger partial charge in [0.1, 0.15) is 0 Å². The minimum atomic E-state index is 0.692. The molecule has 1 saturated carbocycles. The Hall–Kier alpha value is -0.0800. The summed E-state index contributed by atoms with van der Waals surface area (Å²) in [6, 6.07) is 1.47. The molecule has 0 aromatic carbocycles. The molecule has 1 aliphatic heterocycles. The zero-order chi connectivity index (χ0) is 13.8. The van der Waals surface area contributed by atoms with Crippen LogP contribution in [-0.2, 0) is 0 Å². The van der Waals surface area contributed by atoms with Gasteiger partial charge in [-0.3, -0.25) is 0 Å². The van der Waals surface area contributed by atoms with E-state index in [2.05, 4.69) is 37.9 Å². The molecule has 2 fully saturated rings. The molecule has 2 rings (SSSR count). The summed E-state index contributed by atoms with van der Waals surface area (Å²) in [5.74, 6) is 2.70. The van der Waals surface area contributed by atoms with Crippen LogP contribution in [0.3, 0.4) is 0 Å². The van der Waals surface area contributed by atoms with E-state index in [1.54, 1.807) is 0 Å². The van der Waals surface area contributed by atoms with Crippen LogP contribution in [0.2, 0.25) is 0 Å². The van der Waals surface area contributed by atoms with Gasteiger partial charge in [-0.1, -0.05) is 27.2 Å². The first kappa shape index (κ1) is 15.3. The Morgan fingerprint density at radius 3 is 2.63 bits per heavy atom. The van der Waals surface area contributed by atoms with Crippen molar-refractivity contribution in [3.63, 3.8) is 0 Å². The van der Waals surface area contributed by atoms with Crippen LogP contribution in [0, 0.1) is 17.8 Å². The quantitative estimate of drug-likeness (QED) is 0.819. The average molecular weight is 266 g/mol. The molecule has 0 radical (unpaired) electrons. The SMILES string of the molecule is CCC1CCC(NC(C)C2CCCN(CC)C2)C1C. The summed E-state index contributed by atoms with van der Waals surface area (Å²) in [5.41, 5.74) is 0. The monoisotopic (exact) mass is 266 g/mol. The van der Waals surface area contributed by atoms with Crippen molar-refractivity contribution >= 4 is 0 Å². The molecule has 0 amide bonds. The van der Waals surface area contributed by atoms with Crippen molar-refractivity contribution in [1.29, 1.82) is 0 Å². The summed E-state index contributed by atoms with van der Waals surface area (Å²) < 4.78 is 0. The molecule has 0 spiro atoms. The molecular weight excluding hydrogens is 232 g/mol. The smallest absolute Gasteiger partial charge is 0.00980 e.